The molecule has 1 unspecified atom stereocenters. The second-order valence-electron chi connectivity index (χ2n) is 5.65. The van der Waals surface area contributed by atoms with Gasteiger partial charge < -0.3 is 10.2 Å². The fourth-order valence-corrected chi connectivity index (χ4v) is 2.51. The zero-order valence-electron chi connectivity index (χ0n) is 13.7. The molecule has 0 rings (SSSR count). The molecule has 21 heavy (non-hydrogen) atoms. The molecule has 1 atom stereocenters. The molecule has 4 nitrogen and oxygen atoms in total. The number of hydrogen-bond acceptors (Lipinski definition) is 2. The number of rotatable bonds is 12. The van der Waals surface area contributed by atoms with Crippen molar-refractivity contribution in [1.82, 2.24) is 0 Å². The van der Waals surface area contributed by atoms with Crippen LogP contribution in [0.5, 0.6) is 0 Å². The van der Waals surface area contributed by atoms with Crippen LogP contribution in [0.15, 0.2) is 11.1 Å². The van der Waals surface area contributed by atoms with E-state index in [2.05, 4.69) is 6.92 Å². The Kier molecular flexibility index (Phi) is 10.6. The van der Waals surface area contributed by atoms with E-state index in [1.54, 1.807) is 0 Å². The number of carboxylic acids is 2. The molecule has 122 valence electrons. The predicted molar refractivity (Wildman–Crippen MR) is 84.4 cm³/mol. The largest absolute Gasteiger partial charge is 0.478 e. The molecule has 0 amide bonds. The Morgan fingerprint density at radius 1 is 0.857 bits per heavy atom. The lowest BCUT2D eigenvalue weighted by Crippen LogP contribution is -2.15. The number of carboxylic acid groups (broad SMARTS) is 2. The Labute approximate surface area is 128 Å². The third-order valence-corrected chi connectivity index (χ3v) is 3.95. The Morgan fingerprint density at radius 2 is 1.43 bits per heavy atom. The first-order chi connectivity index (χ1) is 9.97. The van der Waals surface area contributed by atoms with Crippen molar-refractivity contribution in [3.05, 3.63) is 11.1 Å². The second kappa shape index (κ2) is 11.4. The summed E-state index contributed by atoms with van der Waals surface area (Å²) in [7, 11) is 0. The summed E-state index contributed by atoms with van der Waals surface area (Å²) in [6, 6.07) is 0. The maximum Gasteiger partial charge on any atom is 0.332 e. The summed E-state index contributed by atoms with van der Waals surface area (Å²) in [6.07, 6.45) is 7.37. The molecule has 0 aliphatic heterocycles. The van der Waals surface area contributed by atoms with Gasteiger partial charge in [-0.3, -0.25) is 0 Å². The minimum absolute atomic E-state index is 0.103. The fraction of sp³-hybridized carbons (Fsp3) is 0.765. The van der Waals surface area contributed by atoms with Crippen molar-refractivity contribution >= 4 is 11.9 Å². The van der Waals surface area contributed by atoms with E-state index in [0.717, 1.165) is 44.9 Å². The summed E-state index contributed by atoms with van der Waals surface area (Å²) >= 11 is 0. The van der Waals surface area contributed by atoms with Crippen LogP contribution in [0.2, 0.25) is 0 Å². The molecule has 4 heteroatoms. The average molecular weight is 298 g/mol. The van der Waals surface area contributed by atoms with E-state index in [1.165, 1.54) is 0 Å². The molecule has 0 aromatic carbocycles. The SMILES string of the molecule is CCCCCC(C(=O)O)=C(CC(CC)CCCC)C(=O)O. The van der Waals surface area contributed by atoms with Gasteiger partial charge in [0.05, 0.1) is 0 Å². The predicted octanol–water partition coefficient (Wildman–Crippen LogP) is 4.64. The van der Waals surface area contributed by atoms with Crippen molar-refractivity contribution in [3.63, 3.8) is 0 Å². The van der Waals surface area contributed by atoms with Crippen molar-refractivity contribution in [2.75, 3.05) is 0 Å². The minimum atomic E-state index is -1.08. The topological polar surface area (TPSA) is 74.6 Å². The molecule has 0 saturated heterocycles. The molecule has 0 spiro atoms. The zero-order chi connectivity index (χ0) is 16.3. The minimum Gasteiger partial charge on any atom is -0.478 e. The van der Waals surface area contributed by atoms with E-state index in [4.69, 9.17) is 0 Å². The molecule has 0 radical (unpaired) electrons. The molecule has 0 heterocycles. The molecule has 0 bridgehead atoms. The van der Waals surface area contributed by atoms with Gasteiger partial charge in [-0.15, -0.1) is 0 Å². The highest BCUT2D eigenvalue weighted by Crippen LogP contribution is 2.26. The summed E-state index contributed by atoms with van der Waals surface area (Å²) in [4.78, 5) is 22.9. The van der Waals surface area contributed by atoms with Crippen LogP contribution >= 0.6 is 0 Å². The van der Waals surface area contributed by atoms with E-state index >= 15 is 0 Å². The lowest BCUT2D eigenvalue weighted by Gasteiger charge is -2.16. The van der Waals surface area contributed by atoms with Crippen LogP contribution in [-0.4, -0.2) is 22.2 Å². The lowest BCUT2D eigenvalue weighted by atomic mass is 9.88. The molecule has 0 aromatic heterocycles. The van der Waals surface area contributed by atoms with E-state index in [0.29, 0.717) is 12.8 Å². The monoisotopic (exact) mass is 298 g/mol. The Morgan fingerprint density at radius 3 is 1.86 bits per heavy atom. The molecule has 0 saturated carbocycles. The van der Waals surface area contributed by atoms with Gasteiger partial charge in [-0.1, -0.05) is 59.3 Å². The van der Waals surface area contributed by atoms with Gasteiger partial charge in [-0.05, 0) is 25.2 Å². The van der Waals surface area contributed by atoms with Crippen molar-refractivity contribution in [1.29, 1.82) is 0 Å². The van der Waals surface area contributed by atoms with Crippen LogP contribution in [0, 0.1) is 5.92 Å². The van der Waals surface area contributed by atoms with Crippen LogP contribution in [0.1, 0.15) is 78.6 Å². The Hall–Kier alpha value is -1.32. The first kappa shape index (κ1) is 19.7. The van der Waals surface area contributed by atoms with E-state index in [1.807, 2.05) is 13.8 Å². The van der Waals surface area contributed by atoms with Gasteiger partial charge in [0.2, 0.25) is 0 Å². The van der Waals surface area contributed by atoms with Crippen molar-refractivity contribution in [2.24, 2.45) is 5.92 Å². The first-order valence-electron chi connectivity index (χ1n) is 8.16. The first-order valence-corrected chi connectivity index (χ1v) is 8.16. The zero-order valence-corrected chi connectivity index (χ0v) is 13.7. The number of hydrogen-bond donors (Lipinski definition) is 2. The summed E-state index contributed by atoms with van der Waals surface area (Å²) in [5.41, 5.74) is 0.215. The summed E-state index contributed by atoms with van der Waals surface area (Å²) < 4.78 is 0. The van der Waals surface area contributed by atoms with Crippen LogP contribution in [0.25, 0.3) is 0 Å². The van der Waals surface area contributed by atoms with Crippen LogP contribution < -0.4 is 0 Å². The molecule has 0 aliphatic rings. The summed E-state index contributed by atoms with van der Waals surface area (Å²) in [5, 5.41) is 18.7. The van der Waals surface area contributed by atoms with Gasteiger partial charge in [0.1, 0.15) is 0 Å². The lowest BCUT2D eigenvalue weighted by molar-refractivity contribution is -0.136. The Balaban J connectivity index is 5.11. The molecule has 2 N–H and O–H groups in total. The maximum absolute atomic E-state index is 11.5. The van der Waals surface area contributed by atoms with Crippen LogP contribution in [0.3, 0.4) is 0 Å². The van der Waals surface area contributed by atoms with Gasteiger partial charge >= 0.3 is 11.9 Å². The van der Waals surface area contributed by atoms with Crippen molar-refractivity contribution in [3.8, 4) is 0 Å². The van der Waals surface area contributed by atoms with Crippen LogP contribution in [-0.2, 0) is 9.59 Å². The summed E-state index contributed by atoms with van der Waals surface area (Å²) in [5.74, 6) is -1.88. The quantitative estimate of drug-likeness (QED) is 0.406. The highest BCUT2D eigenvalue weighted by Gasteiger charge is 2.22. The number of aliphatic carboxylic acids is 2. The smallest absolute Gasteiger partial charge is 0.332 e. The summed E-state index contributed by atoms with van der Waals surface area (Å²) in [6.45, 7) is 6.19. The number of carbonyl (C=O) groups is 2. The van der Waals surface area contributed by atoms with Crippen molar-refractivity contribution in [2.45, 2.75) is 78.6 Å². The number of unbranched alkanes of at least 4 members (excludes halogenated alkanes) is 3. The van der Waals surface area contributed by atoms with Gasteiger partial charge in [0, 0.05) is 11.1 Å². The van der Waals surface area contributed by atoms with Gasteiger partial charge in [-0.25, -0.2) is 9.59 Å². The van der Waals surface area contributed by atoms with Gasteiger partial charge in [0.25, 0.3) is 0 Å². The van der Waals surface area contributed by atoms with Crippen molar-refractivity contribution < 1.29 is 19.8 Å². The van der Waals surface area contributed by atoms with Gasteiger partial charge in [-0.2, -0.15) is 0 Å². The van der Waals surface area contributed by atoms with E-state index in [9.17, 15) is 19.8 Å². The van der Waals surface area contributed by atoms with E-state index in [-0.39, 0.29) is 17.1 Å². The molecule has 0 aromatic rings. The highest BCUT2D eigenvalue weighted by molar-refractivity contribution is 5.98. The van der Waals surface area contributed by atoms with E-state index < -0.39 is 11.9 Å². The Bertz CT molecular complexity index is 358. The second-order valence-corrected chi connectivity index (χ2v) is 5.65. The van der Waals surface area contributed by atoms with Crippen LogP contribution in [0.4, 0.5) is 0 Å². The highest BCUT2D eigenvalue weighted by atomic mass is 16.4. The standard InChI is InChI=1S/C17H30O4/c1-4-7-9-11-14(16(18)19)15(17(20)21)12-13(6-3)10-8-5-2/h13H,4-12H2,1-3H3,(H,18,19)(H,20,21). The third kappa shape index (κ3) is 7.88. The average Bonchev–Trinajstić information content (AvgIpc) is 2.44. The maximum atomic E-state index is 11.5. The fourth-order valence-electron chi connectivity index (χ4n) is 2.51. The molecule has 0 fully saturated rings. The van der Waals surface area contributed by atoms with Gasteiger partial charge in [0.15, 0.2) is 0 Å². The molecular weight excluding hydrogens is 268 g/mol. The third-order valence-electron chi connectivity index (χ3n) is 3.95. The molecule has 0 aliphatic carbocycles. The normalized spacial score (nSPS) is 13.7. The molecular formula is C17H30O4.